The predicted octanol–water partition coefficient (Wildman–Crippen LogP) is 3.65. The maximum atomic E-state index is 12.9. The van der Waals surface area contributed by atoms with E-state index in [1.54, 1.807) is 32.0 Å². The van der Waals surface area contributed by atoms with Crippen molar-refractivity contribution >= 4 is 25.8 Å². The van der Waals surface area contributed by atoms with Gasteiger partial charge in [0.05, 0.1) is 31.4 Å². The number of benzene rings is 1. The van der Waals surface area contributed by atoms with Gasteiger partial charge in [0.2, 0.25) is 12.3 Å². The van der Waals surface area contributed by atoms with Crippen LogP contribution in [-0.2, 0) is 20.3 Å². The molecule has 1 heterocycles. The minimum absolute atomic E-state index is 0.0361. The van der Waals surface area contributed by atoms with Gasteiger partial charge in [0.1, 0.15) is 11.5 Å². The van der Waals surface area contributed by atoms with Gasteiger partial charge in [-0.1, -0.05) is 33.1 Å². The number of rotatable bonds is 17. The Hall–Kier alpha value is -3.18. The predicted molar refractivity (Wildman–Crippen MR) is 143 cm³/mol. The summed E-state index contributed by atoms with van der Waals surface area (Å²) in [7, 11) is -4.32. The van der Waals surface area contributed by atoms with Gasteiger partial charge in [0, 0.05) is 5.56 Å². The van der Waals surface area contributed by atoms with Crippen molar-refractivity contribution in [3.63, 3.8) is 0 Å². The molecule has 13 heteroatoms. The van der Waals surface area contributed by atoms with Gasteiger partial charge in [-0.3, -0.25) is 24.2 Å². The van der Waals surface area contributed by atoms with Crippen molar-refractivity contribution in [1.82, 2.24) is 15.7 Å². The Kier molecular flexibility index (Phi) is 12.7. The molecule has 1 aromatic carbocycles. The largest absolute Gasteiger partial charge is 0.494 e. The number of hydrogen-bond donors (Lipinski definition) is 5. The maximum absolute atomic E-state index is 12.9. The second-order valence-corrected chi connectivity index (χ2v) is 10.7. The maximum Gasteiger partial charge on any atom is 0.329 e. The molecule has 1 aromatic heterocycles. The van der Waals surface area contributed by atoms with E-state index in [0.29, 0.717) is 41.4 Å². The van der Waals surface area contributed by atoms with Gasteiger partial charge in [-0.2, -0.15) is 0 Å². The zero-order valence-corrected chi connectivity index (χ0v) is 23.4. The van der Waals surface area contributed by atoms with E-state index in [-0.39, 0.29) is 24.6 Å². The van der Waals surface area contributed by atoms with Crippen LogP contribution in [0.1, 0.15) is 69.0 Å². The highest BCUT2D eigenvalue weighted by Crippen LogP contribution is 2.41. The molecule has 0 aliphatic rings. The first-order valence-electron chi connectivity index (χ1n) is 12.9. The second-order valence-electron chi connectivity index (χ2n) is 9.07. The number of ether oxygens (including phenoxy) is 1. The van der Waals surface area contributed by atoms with Gasteiger partial charge in [-0.15, -0.1) is 0 Å². The molecule has 39 heavy (non-hydrogen) atoms. The first kappa shape index (κ1) is 32.0. The molecule has 0 fully saturated rings. The quantitative estimate of drug-likeness (QED) is 0.0476. The highest BCUT2D eigenvalue weighted by atomic mass is 31.2. The summed E-state index contributed by atoms with van der Waals surface area (Å²) in [5.41, 5.74) is 0.824. The number of furan rings is 1. The molecule has 0 aliphatic heterocycles. The van der Waals surface area contributed by atoms with Crippen molar-refractivity contribution in [3.05, 3.63) is 41.7 Å². The van der Waals surface area contributed by atoms with Crippen LogP contribution in [0.5, 0.6) is 5.75 Å². The van der Waals surface area contributed by atoms with E-state index in [1.165, 1.54) is 12.1 Å². The molecule has 5 N–H and O–H groups in total. The van der Waals surface area contributed by atoms with Crippen LogP contribution in [0.2, 0.25) is 0 Å². The molecule has 0 spiro atoms. The van der Waals surface area contributed by atoms with Crippen LogP contribution in [0.4, 0.5) is 0 Å². The van der Waals surface area contributed by atoms with E-state index in [4.69, 9.17) is 9.15 Å². The molecule has 2 rings (SSSR count). The average Bonchev–Trinajstić information content (AvgIpc) is 3.37. The lowest BCUT2D eigenvalue weighted by Gasteiger charge is -2.29. The third-order valence-electron chi connectivity index (χ3n) is 6.08. The highest BCUT2D eigenvalue weighted by Gasteiger charge is 2.30. The van der Waals surface area contributed by atoms with E-state index in [9.17, 15) is 33.9 Å². The van der Waals surface area contributed by atoms with Gasteiger partial charge in [0.15, 0.2) is 5.76 Å². The van der Waals surface area contributed by atoms with Gasteiger partial charge in [0.25, 0.3) is 5.91 Å². The fourth-order valence-corrected chi connectivity index (χ4v) is 4.93. The topological polar surface area (TPSA) is 179 Å². The van der Waals surface area contributed by atoms with E-state index >= 15 is 0 Å². The average molecular weight is 568 g/mol. The van der Waals surface area contributed by atoms with Crippen molar-refractivity contribution in [2.24, 2.45) is 5.92 Å². The Balaban J connectivity index is 2.08. The minimum Gasteiger partial charge on any atom is -0.494 e. The third-order valence-corrected chi connectivity index (χ3v) is 6.85. The number of amides is 3. The highest BCUT2D eigenvalue weighted by molar-refractivity contribution is 7.50. The van der Waals surface area contributed by atoms with Crippen LogP contribution in [0.3, 0.4) is 0 Å². The number of carbonyl (C=O) groups is 3. The number of unbranched alkanes of at least 4 members (excludes halogenated alkanes) is 2. The van der Waals surface area contributed by atoms with Crippen molar-refractivity contribution in [3.8, 4) is 17.1 Å². The molecule has 216 valence electrons. The lowest BCUT2D eigenvalue weighted by molar-refractivity contribution is -0.168. The van der Waals surface area contributed by atoms with Gasteiger partial charge in [-0.25, -0.2) is 5.06 Å². The van der Waals surface area contributed by atoms with Gasteiger partial charge < -0.3 is 29.6 Å². The lowest BCUT2D eigenvalue weighted by Crippen LogP contribution is -2.47. The zero-order valence-electron chi connectivity index (χ0n) is 22.5. The molecule has 0 radical (unpaired) electrons. The van der Waals surface area contributed by atoms with Gasteiger partial charge in [-0.05, 0) is 55.7 Å². The third kappa shape index (κ3) is 10.1. The number of nitrogens with zero attached hydrogens (tertiary/aromatic N) is 1. The first-order chi connectivity index (χ1) is 18.5. The second kappa shape index (κ2) is 15.4. The molecule has 0 saturated heterocycles. The Morgan fingerprint density at radius 3 is 2.49 bits per heavy atom. The molecule has 3 amide bonds. The number of hydrogen-bond acceptors (Lipinski definition) is 7. The van der Waals surface area contributed by atoms with E-state index in [0.717, 1.165) is 19.3 Å². The summed E-state index contributed by atoms with van der Waals surface area (Å²) >= 11 is 0. The van der Waals surface area contributed by atoms with Crippen LogP contribution in [0.15, 0.2) is 34.7 Å². The lowest BCUT2D eigenvalue weighted by atomic mass is 9.90. The summed E-state index contributed by atoms with van der Waals surface area (Å²) in [5, 5.41) is 15.6. The number of hydroxylamine groups is 2. The summed E-state index contributed by atoms with van der Waals surface area (Å²) in [6, 6.07) is 7.02. The Labute approximate surface area is 227 Å². The van der Waals surface area contributed by atoms with E-state index < -0.39 is 37.5 Å². The summed E-state index contributed by atoms with van der Waals surface area (Å²) in [6.45, 7) is 5.73. The van der Waals surface area contributed by atoms with Crippen molar-refractivity contribution in [1.29, 1.82) is 0 Å². The van der Waals surface area contributed by atoms with Crippen LogP contribution < -0.4 is 15.4 Å². The van der Waals surface area contributed by atoms with E-state index in [1.807, 2.05) is 6.92 Å². The molecule has 0 saturated carbocycles. The molecule has 12 nitrogen and oxygen atoms in total. The standard InChI is InChI=1S/C26H38N3O9P/c1-4-7-8-9-21(22(5-2)29(33)17-30)25(31)27-16-28-26(32)24-11-10-23(38-24)19-12-18(15-39(34,35)36)13-20(14-19)37-6-3/h10-14,17,21-22,33H,4-9,15-16H2,1-3H3,(H,27,31)(H,28,32)(H2,34,35,36)/t21-,22-/m1/s1. The molecule has 0 unspecified atom stereocenters. The summed E-state index contributed by atoms with van der Waals surface area (Å²) in [4.78, 5) is 55.3. The summed E-state index contributed by atoms with van der Waals surface area (Å²) in [6.07, 6.45) is 3.25. The van der Waals surface area contributed by atoms with Crippen LogP contribution in [-0.4, -0.2) is 57.6 Å². The first-order valence-corrected chi connectivity index (χ1v) is 14.7. The number of carbonyl (C=O) groups excluding carboxylic acids is 3. The molecular formula is C26H38N3O9P. The molecule has 2 atom stereocenters. The van der Waals surface area contributed by atoms with E-state index in [2.05, 4.69) is 10.6 Å². The SMILES string of the molecule is CCCCC[C@@H](C(=O)NCNC(=O)c1ccc(-c2cc(CP(=O)(O)O)cc(OCC)c2)o1)[C@@H](CC)N(O)C=O. The molecular weight excluding hydrogens is 529 g/mol. The fraction of sp³-hybridized carbons (Fsp3) is 0.500. The Morgan fingerprint density at radius 1 is 1.13 bits per heavy atom. The van der Waals surface area contributed by atoms with Crippen LogP contribution >= 0.6 is 7.60 Å². The van der Waals surface area contributed by atoms with Crippen molar-refractivity contribution in [2.75, 3.05) is 13.3 Å². The molecule has 0 bridgehead atoms. The van der Waals surface area contributed by atoms with Crippen molar-refractivity contribution < 1.29 is 43.1 Å². The summed E-state index contributed by atoms with van der Waals surface area (Å²) < 4.78 is 22.7. The molecule has 0 aliphatic carbocycles. The fourth-order valence-electron chi connectivity index (χ4n) is 4.27. The zero-order chi connectivity index (χ0) is 29.0. The monoisotopic (exact) mass is 567 g/mol. The Morgan fingerprint density at radius 2 is 1.87 bits per heavy atom. The minimum atomic E-state index is -4.32. The molecule has 2 aromatic rings. The van der Waals surface area contributed by atoms with Crippen LogP contribution in [0, 0.1) is 5.92 Å². The summed E-state index contributed by atoms with van der Waals surface area (Å²) in [5.74, 6) is -0.987. The van der Waals surface area contributed by atoms with Crippen molar-refractivity contribution in [2.45, 2.75) is 65.1 Å². The normalized spacial score (nSPS) is 12.9. The smallest absolute Gasteiger partial charge is 0.329 e. The van der Waals surface area contributed by atoms with Crippen LogP contribution in [0.25, 0.3) is 11.3 Å². The van der Waals surface area contributed by atoms with Gasteiger partial charge >= 0.3 is 7.60 Å². The number of nitrogens with one attached hydrogen (secondary N) is 2. The Bertz CT molecular complexity index is 1150.